The van der Waals surface area contributed by atoms with E-state index in [1.165, 1.54) is 0 Å². The van der Waals surface area contributed by atoms with E-state index in [-0.39, 0.29) is 11.8 Å². The lowest BCUT2D eigenvalue weighted by Gasteiger charge is -2.15. The highest BCUT2D eigenvalue weighted by molar-refractivity contribution is 9.10. The van der Waals surface area contributed by atoms with Crippen LogP contribution in [0.3, 0.4) is 0 Å². The first-order chi connectivity index (χ1) is 11.0. The second-order valence-electron chi connectivity index (χ2n) is 5.50. The van der Waals surface area contributed by atoms with E-state index in [1.807, 2.05) is 24.3 Å². The Balaban J connectivity index is 1.68. The summed E-state index contributed by atoms with van der Waals surface area (Å²) in [6.45, 7) is 0. The largest absolute Gasteiger partial charge is 0.325 e. The number of hydrogen-bond donors (Lipinski definition) is 2. The van der Waals surface area contributed by atoms with Crippen LogP contribution in [0.4, 0.5) is 11.4 Å². The van der Waals surface area contributed by atoms with Gasteiger partial charge in [0.15, 0.2) is 0 Å². The number of carbonyl (C=O) groups is 2. The van der Waals surface area contributed by atoms with Crippen LogP contribution >= 0.6 is 31.9 Å². The molecule has 0 atom stereocenters. The van der Waals surface area contributed by atoms with E-state index >= 15 is 0 Å². The number of benzene rings is 2. The van der Waals surface area contributed by atoms with E-state index in [0.29, 0.717) is 24.2 Å². The smallest absolute Gasteiger partial charge is 0.240 e. The third kappa shape index (κ3) is 3.64. The van der Waals surface area contributed by atoms with Crippen LogP contribution in [0.2, 0.25) is 0 Å². The molecule has 0 aromatic heterocycles. The monoisotopic (exact) mass is 436 g/mol. The van der Waals surface area contributed by atoms with Gasteiger partial charge in [0.1, 0.15) is 5.41 Å². The van der Waals surface area contributed by atoms with Crippen LogP contribution in [-0.4, -0.2) is 11.8 Å². The van der Waals surface area contributed by atoms with E-state index in [9.17, 15) is 9.59 Å². The van der Waals surface area contributed by atoms with Crippen LogP contribution in [0.5, 0.6) is 0 Å². The van der Waals surface area contributed by atoms with Crippen molar-refractivity contribution in [1.82, 2.24) is 0 Å². The molecular weight excluding hydrogens is 424 g/mol. The molecule has 2 aromatic carbocycles. The molecule has 2 aromatic rings. The van der Waals surface area contributed by atoms with Crippen LogP contribution in [0, 0.1) is 5.41 Å². The fourth-order valence-electron chi connectivity index (χ4n) is 2.25. The third-order valence-corrected chi connectivity index (χ3v) is 4.88. The van der Waals surface area contributed by atoms with Crippen LogP contribution in [0.25, 0.3) is 0 Å². The fraction of sp³-hybridized carbons (Fsp3) is 0.176. The molecule has 0 spiro atoms. The zero-order chi connectivity index (χ0) is 16.4. The normalized spacial score (nSPS) is 14.9. The molecule has 0 bridgehead atoms. The van der Waals surface area contributed by atoms with Gasteiger partial charge in [0.05, 0.1) is 0 Å². The summed E-state index contributed by atoms with van der Waals surface area (Å²) in [5.41, 5.74) is 0.405. The summed E-state index contributed by atoms with van der Waals surface area (Å²) in [5.74, 6) is -0.510. The van der Waals surface area contributed by atoms with E-state index in [1.54, 1.807) is 24.3 Å². The molecule has 4 nitrogen and oxygen atoms in total. The molecule has 118 valence electrons. The molecule has 1 fully saturated rings. The Bertz CT molecular complexity index is 677. The Labute approximate surface area is 150 Å². The van der Waals surface area contributed by atoms with Crippen molar-refractivity contribution in [1.29, 1.82) is 0 Å². The van der Waals surface area contributed by atoms with Gasteiger partial charge in [-0.2, -0.15) is 0 Å². The topological polar surface area (TPSA) is 58.2 Å². The number of anilines is 2. The van der Waals surface area contributed by atoms with Crippen molar-refractivity contribution < 1.29 is 9.59 Å². The maximum Gasteiger partial charge on any atom is 0.240 e. The van der Waals surface area contributed by atoms with Crippen molar-refractivity contribution in [3.8, 4) is 0 Å². The Morgan fingerprint density at radius 1 is 0.739 bits per heavy atom. The molecule has 1 aliphatic rings. The van der Waals surface area contributed by atoms with Crippen LogP contribution in [0.1, 0.15) is 12.8 Å². The van der Waals surface area contributed by atoms with Crippen LogP contribution < -0.4 is 10.6 Å². The lowest BCUT2D eigenvalue weighted by atomic mass is 10.0. The lowest BCUT2D eigenvalue weighted by molar-refractivity contribution is -0.131. The molecule has 0 aliphatic heterocycles. The van der Waals surface area contributed by atoms with Gasteiger partial charge in [-0.15, -0.1) is 0 Å². The summed E-state index contributed by atoms with van der Waals surface area (Å²) < 4.78 is 1.87. The van der Waals surface area contributed by atoms with E-state index < -0.39 is 5.41 Å². The Kier molecular flexibility index (Phi) is 4.55. The minimum absolute atomic E-state index is 0.255. The minimum atomic E-state index is -0.958. The summed E-state index contributed by atoms with van der Waals surface area (Å²) >= 11 is 6.70. The standard InChI is InChI=1S/C17H14Br2N2O2/c18-11-1-5-13(6-2-11)20-15(22)17(9-10-17)16(23)21-14-7-3-12(19)4-8-14/h1-8H,9-10H2,(H,20,22)(H,21,23). The Morgan fingerprint density at radius 2 is 1.09 bits per heavy atom. The number of carbonyl (C=O) groups excluding carboxylic acids is 2. The highest BCUT2D eigenvalue weighted by Gasteiger charge is 2.56. The summed E-state index contributed by atoms with van der Waals surface area (Å²) in [7, 11) is 0. The lowest BCUT2D eigenvalue weighted by Crippen LogP contribution is -2.35. The van der Waals surface area contributed by atoms with Crippen molar-refractivity contribution in [3.63, 3.8) is 0 Å². The van der Waals surface area contributed by atoms with Gasteiger partial charge >= 0.3 is 0 Å². The molecule has 0 saturated heterocycles. The van der Waals surface area contributed by atoms with Crippen molar-refractivity contribution in [2.45, 2.75) is 12.8 Å². The summed E-state index contributed by atoms with van der Waals surface area (Å²) in [4.78, 5) is 25.0. The molecule has 23 heavy (non-hydrogen) atoms. The van der Waals surface area contributed by atoms with Gasteiger partial charge in [0.2, 0.25) is 11.8 Å². The van der Waals surface area contributed by atoms with Gasteiger partial charge < -0.3 is 10.6 Å². The average Bonchev–Trinajstić information content (AvgIpc) is 3.34. The average molecular weight is 438 g/mol. The maximum atomic E-state index is 12.5. The summed E-state index contributed by atoms with van der Waals surface area (Å²) in [6.07, 6.45) is 1.13. The molecular formula is C17H14Br2N2O2. The first kappa shape index (κ1) is 16.2. The molecule has 0 radical (unpaired) electrons. The van der Waals surface area contributed by atoms with E-state index in [4.69, 9.17) is 0 Å². The zero-order valence-electron chi connectivity index (χ0n) is 12.1. The Hall–Kier alpha value is -1.66. The quantitative estimate of drug-likeness (QED) is 0.688. The molecule has 2 N–H and O–H groups in total. The van der Waals surface area contributed by atoms with E-state index in [2.05, 4.69) is 42.5 Å². The first-order valence-corrected chi connectivity index (χ1v) is 8.72. The molecule has 0 heterocycles. The number of hydrogen-bond acceptors (Lipinski definition) is 2. The molecule has 1 aliphatic carbocycles. The van der Waals surface area contributed by atoms with E-state index in [0.717, 1.165) is 8.95 Å². The van der Waals surface area contributed by atoms with Gasteiger partial charge in [0.25, 0.3) is 0 Å². The number of nitrogens with one attached hydrogen (secondary N) is 2. The van der Waals surface area contributed by atoms with Gasteiger partial charge in [-0.1, -0.05) is 31.9 Å². The number of rotatable bonds is 4. The molecule has 3 rings (SSSR count). The van der Waals surface area contributed by atoms with Crippen molar-refractivity contribution in [2.24, 2.45) is 5.41 Å². The SMILES string of the molecule is O=C(Nc1ccc(Br)cc1)C1(C(=O)Nc2ccc(Br)cc2)CC1. The molecule has 1 saturated carbocycles. The van der Waals surface area contributed by atoms with Gasteiger partial charge in [-0.05, 0) is 61.4 Å². The Morgan fingerprint density at radius 3 is 1.39 bits per heavy atom. The fourth-order valence-corrected chi connectivity index (χ4v) is 2.78. The zero-order valence-corrected chi connectivity index (χ0v) is 15.3. The van der Waals surface area contributed by atoms with Crippen molar-refractivity contribution in [3.05, 3.63) is 57.5 Å². The molecule has 2 amide bonds. The van der Waals surface area contributed by atoms with Crippen molar-refractivity contribution >= 4 is 55.0 Å². The molecule has 0 unspecified atom stereocenters. The second kappa shape index (κ2) is 6.45. The number of halogens is 2. The summed E-state index contributed by atoms with van der Waals surface area (Å²) in [6, 6.07) is 14.6. The predicted molar refractivity (Wildman–Crippen MR) is 97.2 cm³/mol. The number of amides is 2. The second-order valence-corrected chi connectivity index (χ2v) is 7.34. The van der Waals surface area contributed by atoms with Crippen LogP contribution in [0.15, 0.2) is 57.5 Å². The first-order valence-electron chi connectivity index (χ1n) is 7.14. The minimum Gasteiger partial charge on any atom is -0.325 e. The van der Waals surface area contributed by atoms with Crippen LogP contribution in [-0.2, 0) is 9.59 Å². The maximum absolute atomic E-state index is 12.5. The highest BCUT2D eigenvalue weighted by Crippen LogP contribution is 2.47. The third-order valence-electron chi connectivity index (χ3n) is 3.82. The highest BCUT2D eigenvalue weighted by atomic mass is 79.9. The predicted octanol–water partition coefficient (Wildman–Crippen LogP) is 4.57. The molecule has 6 heteroatoms. The van der Waals surface area contributed by atoms with Gasteiger partial charge in [-0.25, -0.2) is 0 Å². The van der Waals surface area contributed by atoms with Gasteiger partial charge in [0, 0.05) is 20.3 Å². The van der Waals surface area contributed by atoms with Gasteiger partial charge in [-0.3, -0.25) is 9.59 Å². The van der Waals surface area contributed by atoms with Crippen molar-refractivity contribution in [2.75, 3.05) is 10.6 Å². The summed E-state index contributed by atoms with van der Waals surface area (Å²) in [5, 5.41) is 5.64.